The Hall–Kier alpha value is -0.720. The number of aliphatic hydroxyl groups is 1. The van der Waals surface area contributed by atoms with Crippen LogP contribution in [-0.2, 0) is 0 Å². The minimum atomic E-state index is -2.05. The summed E-state index contributed by atoms with van der Waals surface area (Å²) >= 11 is 4.54. The summed E-state index contributed by atoms with van der Waals surface area (Å²) in [5.41, 5.74) is 0. The lowest BCUT2D eigenvalue weighted by Gasteiger charge is -2.15. The van der Waals surface area contributed by atoms with Crippen LogP contribution < -0.4 is 0 Å². The number of nitro groups is 1. The van der Waals surface area contributed by atoms with E-state index in [2.05, 4.69) is 12.6 Å². The fourth-order valence-electron chi connectivity index (χ4n) is 0.805. The zero-order valence-electron chi connectivity index (χ0n) is 7.16. The van der Waals surface area contributed by atoms with Crippen LogP contribution in [0.2, 0.25) is 0 Å². The number of thiol groups is 1. The molecule has 0 spiro atoms. The third kappa shape index (κ3) is 2.63. The summed E-state index contributed by atoms with van der Waals surface area (Å²) in [7, 11) is 0. The van der Waals surface area contributed by atoms with Gasteiger partial charge in [0.15, 0.2) is 0 Å². The molecule has 0 saturated heterocycles. The first-order chi connectivity index (χ1) is 6.58. The molecule has 1 unspecified atom stereocenters. The van der Waals surface area contributed by atoms with Crippen LogP contribution in [0.4, 0.5) is 0 Å². The van der Waals surface area contributed by atoms with Gasteiger partial charge < -0.3 is 5.11 Å². The zero-order valence-corrected chi connectivity index (χ0v) is 8.87. The van der Waals surface area contributed by atoms with Crippen molar-refractivity contribution < 1.29 is 10.0 Å². The molecule has 0 fully saturated rings. The lowest BCUT2D eigenvalue weighted by molar-refractivity contribution is -0.581. The number of benzene rings is 1. The molecule has 0 aromatic heterocycles. The topological polar surface area (TPSA) is 63.4 Å². The van der Waals surface area contributed by atoms with Gasteiger partial charge in [0.1, 0.15) is 0 Å². The molecule has 0 saturated carbocycles. The minimum absolute atomic E-state index is 0.237. The summed E-state index contributed by atoms with van der Waals surface area (Å²) in [6.45, 7) is 0. The molecule has 14 heavy (non-hydrogen) atoms. The van der Waals surface area contributed by atoms with E-state index in [9.17, 15) is 15.2 Å². The van der Waals surface area contributed by atoms with Crippen molar-refractivity contribution in [3.63, 3.8) is 0 Å². The van der Waals surface area contributed by atoms with E-state index in [-0.39, 0.29) is 5.75 Å². The lowest BCUT2D eigenvalue weighted by atomic mass is 10.4. The molecule has 1 atom stereocenters. The normalized spacial score (nSPS) is 14.7. The summed E-state index contributed by atoms with van der Waals surface area (Å²) in [6, 6.07) is 8.70. The quantitative estimate of drug-likeness (QED) is 0.272. The van der Waals surface area contributed by atoms with Crippen molar-refractivity contribution in [3.05, 3.63) is 40.4 Å². The monoisotopic (exact) mass is 231 g/mol. The van der Waals surface area contributed by atoms with E-state index < -0.39 is 9.98 Å². The van der Waals surface area contributed by atoms with Gasteiger partial charge in [0.2, 0.25) is 0 Å². The second-order valence-electron chi connectivity index (χ2n) is 2.57. The Balaban J connectivity index is 2.81. The van der Waals surface area contributed by atoms with Crippen LogP contribution in [0.3, 0.4) is 0 Å². The first-order valence-electron chi connectivity index (χ1n) is 3.80. The molecule has 0 aliphatic rings. The van der Waals surface area contributed by atoms with Gasteiger partial charge in [0.05, 0.1) is 10.7 Å². The van der Waals surface area contributed by atoms with Gasteiger partial charge in [-0.1, -0.05) is 18.2 Å². The molecule has 6 heteroatoms. The van der Waals surface area contributed by atoms with Gasteiger partial charge >= 0.3 is 5.06 Å². The van der Waals surface area contributed by atoms with E-state index in [0.717, 1.165) is 11.8 Å². The van der Waals surface area contributed by atoms with Crippen LogP contribution in [0.15, 0.2) is 35.2 Å². The minimum Gasteiger partial charge on any atom is -0.321 e. The van der Waals surface area contributed by atoms with Crippen molar-refractivity contribution in [2.75, 3.05) is 5.75 Å². The molecule has 1 rings (SSSR count). The molecule has 76 valence electrons. The van der Waals surface area contributed by atoms with Crippen molar-refractivity contribution in [2.24, 2.45) is 0 Å². The Kier molecular flexibility index (Phi) is 3.79. The number of hydrogen-bond donors (Lipinski definition) is 2. The predicted octanol–water partition coefficient (Wildman–Crippen LogP) is 1.63. The fourth-order valence-corrected chi connectivity index (χ4v) is 1.92. The lowest BCUT2D eigenvalue weighted by Crippen LogP contribution is -2.36. The van der Waals surface area contributed by atoms with Crippen LogP contribution in [0.1, 0.15) is 0 Å². The molecule has 0 heterocycles. The van der Waals surface area contributed by atoms with Crippen molar-refractivity contribution in [3.8, 4) is 0 Å². The highest BCUT2D eigenvalue weighted by atomic mass is 32.2. The molecule has 0 aliphatic heterocycles. The molecule has 0 aliphatic carbocycles. The highest BCUT2D eigenvalue weighted by Gasteiger charge is 2.40. The van der Waals surface area contributed by atoms with Crippen LogP contribution in [0, 0.1) is 10.1 Å². The SMILES string of the molecule is O=[N+]([O-])C(O)(CS)Sc1ccccc1. The summed E-state index contributed by atoms with van der Waals surface area (Å²) in [5.74, 6) is -0.237. The molecule has 0 amide bonds. The number of nitrogens with zero attached hydrogens (tertiary/aromatic N) is 1. The third-order valence-electron chi connectivity index (χ3n) is 1.52. The standard InChI is InChI=1S/C8H9NO3S2/c10-8(6-13,9(11)12)14-7-4-2-1-3-5-7/h1-5,10,13H,6H2. The second-order valence-corrected chi connectivity index (χ2v) is 4.22. The maximum absolute atomic E-state index is 10.5. The van der Waals surface area contributed by atoms with Crippen molar-refractivity contribution in [1.29, 1.82) is 0 Å². The second kappa shape index (κ2) is 4.68. The van der Waals surface area contributed by atoms with E-state index in [1.807, 2.05) is 0 Å². The van der Waals surface area contributed by atoms with Gasteiger partial charge in [0, 0.05) is 4.90 Å². The van der Waals surface area contributed by atoms with Crippen LogP contribution in [-0.4, -0.2) is 20.8 Å². The number of rotatable bonds is 4. The zero-order chi connectivity index (χ0) is 10.6. The van der Waals surface area contributed by atoms with Crippen molar-refractivity contribution >= 4 is 24.4 Å². The number of thioether (sulfide) groups is 1. The Morgan fingerprint density at radius 3 is 2.50 bits per heavy atom. The van der Waals surface area contributed by atoms with E-state index >= 15 is 0 Å². The Morgan fingerprint density at radius 1 is 1.50 bits per heavy atom. The molecule has 1 N–H and O–H groups in total. The first kappa shape index (κ1) is 11.4. The van der Waals surface area contributed by atoms with E-state index in [4.69, 9.17) is 0 Å². The third-order valence-corrected chi connectivity index (χ3v) is 3.30. The molecule has 0 radical (unpaired) electrons. The fraction of sp³-hybridized carbons (Fsp3) is 0.250. The largest absolute Gasteiger partial charge is 0.384 e. The highest BCUT2D eigenvalue weighted by molar-refractivity contribution is 8.01. The molecule has 0 bridgehead atoms. The van der Waals surface area contributed by atoms with Crippen LogP contribution in [0.25, 0.3) is 0 Å². The van der Waals surface area contributed by atoms with Crippen molar-refractivity contribution in [2.45, 2.75) is 9.95 Å². The molecular weight excluding hydrogens is 222 g/mol. The van der Waals surface area contributed by atoms with Gasteiger partial charge in [-0.2, -0.15) is 12.6 Å². The molecule has 4 nitrogen and oxygen atoms in total. The van der Waals surface area contributed by atoms with E-state index in [1.54, 1.807) is 30.3 Å². The van der Waals surface area contributed by atoms with Gasteiger partial charge in [-0.15, -0.1) is 0 Å². The average molecular weight is 231 g/mol. The van der Waals surface area contributed by atoms with E-state index in [1.165, 1.54) is 0 Å². The summed E-state index contributed by atoms with van der Waals surface area (Å²) in [6.07, 6.45) is 0. The molecule has 1 aromatic carbocycles. The predicted molar refractivity (Wildman–Crippen MR) is 58.1 cm³/mol. The van der Waals surface area contributed by atoms with Gasteiger partial charge in [0.25, 0.3) is 0 Å². The van der Waals surface area contributed by atoms with Crippen LogP contribution in [0.5, 0.6) is 0 Å². The maximum Gasteiger partial charge on any atom is 0.384 e. The maximum atomic E-state index is 10.5. The van der Waals surface area contributed by atoms with Gasteiger partial charge in [-0.05, 0) is 23.9 Å². The number of hydrogen-bond acceptors (Lipinski definition) is 5. The highest BCUT2D eigenvalue weighted by Crippen LogP contribution is 2.31. The summed E-state index contributed by atoms with van der Waals surface area (Å²) < 4.78 is 0. The van der Waals surface area contributed by atoms with E-state index in [0.29, 0.717) is 4.90 Å². The van der Waals surface area contributed by atoms with Crippen molar-refractivity contribution in [1.82, 2.24) is 0 Å². The van der Waals surface area contributed by atoms with Gasteiger partial charge in [-0.3, -0.25) is 10.1 Å². The van der Waals surface area contributed by atoms with Crippen LogP contribution >= 0.6 is 24.4 Å². The molecular formula is C8H9NO3S2. The average Bonchev–Trinajstić information content (AvgIpc) is 2.19. The Bertz CT molecular complexity index is 320. The van der Waals surface area contributed by atoms with Gasteiger partial charge in [-0.25, -0.2) is 0 Å². The summed E-state index contributed by atoms with van der Waals surface area (Å²) in [4.78, 5) is 10.4. The Morgan fingerprint density at radius 2 is 2.07 bits per heavy atom. The Labute approximate surface area is 90.9 Å². The first-order valence-corrected chi connectivity index (χ1v) is 5.25. The smallest absolute Gasteiger partial charge is 0.321 e. The molecule has 1 aromatic rings. The summed E-state index contributed by atoms with van der Waals surface area (Å²) in [5, 5.41) is 18.0.